The number of hydrogen-bond acceptors (Lipinski definition) is 5. The summed E-state index contributed by atoms with van der Waals surface area (Å²) in [6, 6.07) is 20.8. The SMILES string of the molecule is CCOc1cc(/C=C(/C#N)C(=O)Nc2cccc(C)c2)ccc1OCc1ccc(C(=O)O)cc1. The number of carbonyl (C=O) groups is 2. The van der Waals surface area contributed by atoms with Crippen molar-refractivity contribution in [1.82, 2.24) is 0 Å². The van der Waals surface area contributed by atoms with Crippen LogP contribution in [0.4, 0.5) is 5.69 Å². The minimum atomic E-state index is -0.987. The van der Waals surface area contributed by atoms with E-state index < -0.39 is 11.9 Å². The first-order valence-electron chi connectivity index (χ1n) is 10.6. The Morgan fingerprint density at radius 3 is 2.44 bits per heavy atom. The molecule has 0 saturated heterocycles. The number of carbonyl (C=O) groups excluding carboxylic acids is 1. The molecule has 0 aliphatic heterocycles. The van der Waals surface area contributed by atoms with Crippen LogP contribution in [0.2, 0.25) is 0 Å². The fourth-order valence-corrected chi connectivity index (χ4v) is 3.14. The van der Waals surface area contributed by atoms with Crippen molar-refractivity contribution in [3.63, 3.8) is 0 Å². The van der Waals surface area contributed by atoms with E-state index in [-0.39, 0.29) is 17.7 Å². The van der Waals surface area contributed by atoms with Crippen LogP contribution in [-0.2, 0) is 11.4 Å². The zero-order chi connectivity index (χ0) is 24.5. The van der Waals surface area contributed by atoms with E-state index in [1.165, 1.54) is 18.2 Å². The summed E-state index contributed by atoms with van der Waals surface area (Å²) in [6.45, 7) is 4.38. The van der Waals surface area contributed by atoms with Gasteiger partial charge in [-0.05, 0) is 73.0 Å². The molecule has 172 valence electrons. The molecule has 0 spiro atoms. The van der Waals surface area contributed by atoms with Crippen molar-refractivity contribution in [2.75, 3.05) is 11.9 Å². The summed E-state index contributed by atoms with van der Waals surface area (Å²) >= 11 is 0. The van der Waals surface area contributed by atoms with Crippen LogP contribution in [0.5, 0.6) is 11.5 Å². The van der Waals surface area contributed by atoms with Gasteiger partial charge < -0.3 is 19.9 Å². The summed E-state index contributed by atoms with van der Waals surface area (Å²) < 4.78 is 11.5. The van der Waals surface area contributed by atoms with Crippen molar-refractivity contribution in [2.24, 2.45) is 0 Å². The van der Waals surface area contributed by atoms with Gasteiger partial charge >= 0.3 is 5.97 Å². The molecular formula is C27H24N2O5. The molecule has 2 N–H and O–H groups in total. The Hall–Kier alpha value is -4.57. The molecule has 0 fully saturated rings. The molecule has 0 bridgehead atoms. The van der Waals surface area contributed by atoms with Gasteiger partial charge in [0, 0.05) is 5.69 Å². The number of rotatable bonds is 9. The van der Waals surface area contributed by atoms with E-state index >= 15 is 0 Å². The third kappa shape index (κ3) is 6.47. The first kappa shape index (κ1) is 24.1. The summed E-state index contributed by atoms with van der Waals surface area (Å²) in [5, 5.41) is 21.2. The number of nitrogens with zero attached hydrogens (tertiary/aromatic N) is 1. The van der Waals surface area contributed by atoms with Gasteiger partial charge in [-0.3, -0.25) is 4.79 Å². The van der Waals surface area contributed by atoms with E-state index in [9.17, 15) is 14.9 Å². The third-order valence-corrected chi connectivity index (χ3v) is 4.81. The number of benzene rings is 3. The average molecular weight is 456 g/mol. The van der Waals surface area contributed by atoms with Gasteiger partial charge in [-0.15, -0.1) is 0 Å². The van der Waals surface area contributed by atoms with Crippen molar-refractivity contribution in [1.29, 1.82) is 5.26 Å². The van der Waals surface area contributed by atoms with Gasteiger partial charge in [0.05, 0.1) is 12.2 Å². The summed E-state index contributed by atoms with van der Waals surface area (Å²) in [5.41, 5.74) is 3.18. The standard InChI is InChI=1S/C27H24N2O5/c1-3-33-25-15-20(14-22(16-28)26(30)29-23-6-4-5-18(2)13-23)9-12-24(25)34-17-19-7-10-21(11-8-19)27(31)32/h4-15H,3,17H2,1-2H3,(H,29,30)(H,31,32)/b22-14-. The molecule has 0 aromatic heterocycles. The quantitative estimate of drug-likeness (QED) is 0.338. The van der Waals surface area contributed by atoms with Crippen molar-refractivity contribution in [3.8, 4) is 17.6 Å². The van der Waals surface area contributed by atoms with Gasteiger partial charge in [-0.25, -0.2) is 4.79 Å². The molecule has 1 amide bonds. The van der Waals surface area contributed by atoms with Crippen molar-refractivity contribution in [2.45, 2.75) is 20.5 Å². The molecule has 0 unspecified atom stereocenters. The Labute approximate surface area is 197 Å². The Morgan fingerprint density at radius 1 is 1.03 bits per heavy atom. The molecule has 0 radical (unpaired) electrons. The lowest BCUT2D eigenvalue weighted by Crippen LogP contribution is -2.13. The molecule has 7 nitrogen and oxygen atoms in total. The zero-order valence-electron chi connectivity index (χ0n) is 18.9. The van der Waals surface area contributed by atoms with E-state index in [1.54, 1.807) is 36.4 Å². The van der Waals surface area contributed by atoms with E-state index in [0.717, 1.165) is 11.1 Å². The number of nitrogens with one attached hydrogen (secondary N) is 1. The van der Waals surface area contributed by atoms with E-state index in [0.29, 0.717) is 29.4 Å². The molecule has 3 rings (SSSR count). The van der Waals surface area contributed by atoms with E-state index in [1.807, 2.05) is 38.1 Å². The highest BCUT2D eigenvalue weighted by Gasteiger charge is 2.12. The number of aryl methyl sites for hydroxylation is 1. The van der Waals surface area contributed by atoms with Gasteiger partial charge in [-0.1, -0.05) is 30.3 Å². The predicted molar refractivity (Wildman–Crippen MR) is 129 cm³/mol. The molecule has 0 heterocycles. The normalized spacial score (nSPS) is 10.8. The number of aromatic carboxylic acids is 1. The second-order valence-corrected chi connectivity index (χ2v) is 7.42. The van der Waals surface area contributed by atoms with Crippen LogP contribution in [0.25, 0.3) is 6.08 Å². The van der Waals surface area contributed by atoms with Gasteiger partial charge in [0.2, 0.25) is 0 Å². The van der Waals surface area contributed by atoms with Crippen molar-refractivity contribution in [3.05, 3.63) is 94.6 Å². The van der Waals surface area contributed by atoms with Crippen LogP contribution < -0.4 is 14.8 Å². The first-order valence-corrected chi connectivity index (χ1v) is 10.6. The van der Waals surface area contributed by atoms with E-state index in [4.69, 9.17) is 14.6 Å². The van der Waals surface area contributed by atoms with Crippen LogP contribution in [-0.4, -0.2) is 23.6 Å². The van der Waals surface area contributed by atoms with Crippen molar-refractivity contribution < 1.29 is 24.2 Å². The number of nitriles is 1. The molecule has 0 aliphatic carbocycles. The minimum Gasteiger partial charge on any atom is -0.490 e. The largest absolute Gasteiger partial charge is 0.490 e. The second kappa shape index (κ2) is 11.3. The van der Waals surface area contributed by atoms with Crippen LogP contribution in [0.15, 0.2) is 72.3 Å². The Balaban J connectivity index is 1.76. The maximum absolute atomic E-state index is 12.6. The fourth-order valence-electron chi connectivity index (χ4n) is 3.14. The van der Waals surface area contributed by atoms with Crippen LogP contribution in [0, 0.1) is 18.3 Å². The number of ether oxygens (including phenoxy) is 2. The average Bonchev–Trinajstić information content (AvgIpc) is 2.82. The summed E-state index contributed by atoms with van der Waals surface area (Å²) in [7, 11) is 0. The number of carboxylic acid groups (broad SMARTS) is 1. The second-order valence-electron chi connectivity index (χ2n) is 7.42. The minimum absolute atomic E-state index is 0.0452. The van der Waals surface area contributed by atoms with E-state index in [2.05, 4.69) is 5.32 Å². The van der Waals surface area contributed by atoms with Crippen LogP contribution >= 0.6 is 0 Å². The molecular weight excluding hydrogens is 432 g/mol. The van der Waals surface area contributed by atoms with Gasteiger partial charge in [0.25, 0.3) is 5.91 Å². The number of anilines is 1. The smallest absolute Gasteiger partial charge is 0.335 e. The van der Waals surface area contributed by atoms with Crippen molar-refractivity contribution >= 4 is 23.6 Å². The van der Waals surface area contributed by atoms with Crippen LogP contribution in [0.1, 0.15) is 34.0 Å². The Kier molecular flexibility index (Phi) is 8.03. The number of amides is 1. The van der Waals surface area contributed by atoms with Gasteiger partial charge in [0.1, 0.15) is 18.2 Å². The molecule has 0 saturated carbocycles. The fraction of sp³-hybridized carbons (Fsp3) is 0.148. The molecule has 34 heavy (non-hydrogen) atoms. The molecule has 3 aromatic carbocycles. The van der Waals surface area contributed by atoms with Gasteiger partial charge in [0.15, 0.2) is 11.5 Å². The topological polar surface area (TPSA) is 109 Å². The monoisotopic (exact) mass is 456 g/mol. The zero-order valence-corrected chi connectivity index (χ0v) is 18.9. The molecule has 0 aliphatic rings. The highest BCUT2D eigenvalue weighted by Crippen LogP contribution is 2.30. The highest BCUT2D eigenvalue weighted by molar-refractivity contribution is 6.09. The third-order valence-electron chi connectivity index (χ3n) is 4.81. The number of hydrogen-bond donors (Lipinski definition) is 2. The lowest BCUT2D eigenvalue weighted by molar-refractivity contribution is -0.112. The number of carboxylic acids is 1. The summed E-state index contributed by atoms with van der Waals surface area (Å²) in [4.78, 5) is 23.6. The maximum Gasteiger partial charge on any atom is 0.335 e. The Bertz CT molecular complexity index is 1260. The molecule has 7 heteroatoms. The summed E-state index contributed by atoms with van der Waals surface area (Å²) in [6.07, 6.45) is 1.49. The first-order chi connectivity index (χ1) is 16.4. The lowest BCUT2D eigenvalue weighted by atomic mass is 10.1. The predicted octanol–water partition coefficient (Wildman–Crippen LogP) is 5.22. The summed E-state index contributed by atoms with van der Waals surface area (Å²) in [5.74, 6) is -0.533. The lowest BCUT2D eigenvalue weighted by Gasteiger charge is -2.13. The van der Waals surface area contributed by atoms with Gasteiger partial charge in [-0.2, -0.15) is 5.26 Å². The molecule has 0 atom stereocenters. The van der Waals surface area contributed by atoms with Crippen LogP contribution in [0.3, 0.4) is 0 Å². The Morgan fingerprint density at radius 2 is 1.79 bits per heavy atom. The highest BCUT2D eigenvalue weighted by atomic mass is 16.5. The molecule has 3 aromatic rings. The maximum atomic E-state index is 12.6.